The van der Waals surface area contributed by atoms with Crippen molar-refractivity contribution in [2.45, 2.75) is 103 Å². The third-order valence-corrected chi connectivity index (χ3v) is 10.9. The zero-order chi connectivity index (χ0) is 23.0. The lowest BCUT2D eigenvalue weighted by molar-refractivity contribution is -0.146. The molecule has 0 N–H and O–H groups in total. The van der Waals surface area contributed by atoms with Gasteiger partial charge in [-0.3, -0.25) is 9.48 Å². The minimum Gasteiger partial charge on any atom is -0.297 e. The van der Waals surface area contributed by atoms with Gasteiger partial charge in [0.2, 0.25) is 0 Å². The van der Waals surface area contributed by atoms with Crippen molar-refractivity contribution in [2.75, 3.05) is 0 Å². The highest BCUT2D eigenvalue weighted by Gasteiger charge is 2.62. The number of fused-ring (bicyclic) bond motifs is 5. The van der Waals surface area contributed by atoms with E-state index in [9.17, 15) is 10.1 Å². The fraction of sp³-hybridized carbons (Fsp3) is 0.821. The molecule has 1 aromatic rings. The molecule has 5 heteroatoms. The van der Waals surface area contributed by atoms with Crippen LogP contribution in [0.2, 0.25) is 0 Å². The molecule has 5 aliphatic carbocycles. The third-order valence-electron chi connectivity index (χ3n) is 10.9. The zero-order valence-corrected chi connectivity index (χ0v) is 20.2. The molecule has 0 aromatic carbocycles. The molecule has 1 aromatic heterocycles. The average molecular weight is 452 g/mol. The lowest BCUT2D eigenvalue weighted by Gasteiger charge is -2.58. The number of carbonyl (C=O) groups excluding carboxylic acids is 1. The molecule has 0 spiro atoms. The summed E-state index contributed by atoms with van der Waals surface area (Å²) in [6.07, 6.45) is 13.0. The van der Waals surface area contributed by atoms with E-state index in [0.717, 1.165) is 76.3 Å². The molecule has 6 rings (SSSR count). The largest absolute Gasteiger partial charge is 0.297 e. The number of carbonyl (C=O) groups is 1. The van der Waals surface area contributed by atoms with Crippen molar-refractivity contribution in [1.82, 2.24) is 9.78 Å². The van der Waals surface area contributed by atoms with Crippen molar-refractivity contribution < 1.29 is 9.18 Å². The highest BCUT2D eigenvalue weighted by atomic mass is 19.1. The number of hydrogen-bond donors (Lipinski definition) is 0. The highest BCUT2D eigenvalue weighted by Crippen LogP contribution is 2.66. The Balaban J connectivity index is 1.19. The number of rotatable bonds is 4. The summed E-state index contributed by atoms with van der Waals surface area (Å²) in [7, 11) is 0. The van der Waals surface area contributed by atoms with Gasteiger partial charge in [0, 0.05) is 18.0 Å². The first kappa shape index (κ1) is 21.8. The van der Waals surface area contributed by atoms with Gasteiger partial charge in [-0.15, -0.1) is 0 Å². The maximum absolute atomic E-state index is 16.5. The monoisotopic (exact) mass is 451 g/mol. The topological polar surface area (TPSA) is 58.7 Å². The molecular weight excluding hydrogens is 413 g/mol. The summed E-state index contributed by atoms with van der Waals surface area (Å²) >= 11 is 0. The number of nitriles is 1. The Morgan fingerprint density at radius 2 is 1.97 bits per heavy atom. The van der Waals surface area contributed by atoms with E-state index in [1.165, 1.54) is 0 Å². The summed E-state index contributed by atoms with van der Waals surface area (Å²) in [6, 6.07) is 2.26. The van der Waals surface area contributed by atoms with E-state index < -0.39 is 5.67 Å². The van der Waals surface area contributed by atoms with Gasteiger partial charge in [-0.05, 0) is 106 Å². The summed E-state index contributed by atoms with van der Waals surface area (Å²) in [5, 5.41) is 14.1. The third kappa shape index (κ3) is 3.34. The predicted octanol–water partition coefficient (Wildman–Crippen LogP) is 6.20. The van der Waals surface area contributed by atoms with Crippen LogP contribution in [-0.4, -0.2) is 21.2 Å². The zero-order valence-electron chi connectivity index (χ0n) is 20.2. The van der Waals surface area contributed by atoms with E-state index in [1.807, 2.05) is 0 Å². The molecule has 0 radical (unpaired) electrons. The molecule has 5 fully saturated rings. The van der Waals surface area contributed by atoms with Crippen molar-refractivity contribution in [3.05, 3.63) is 17.5 Å². The minimum atomic E-state index is -0.958. The molecule has 4 nitrogen and oxygen atoms in total. The van der Waals surface area contributed by atoms with Crippen LogP contribution < -0.4 is 0 Å². The van der Waals surface area contributed by atoms with E-state index in [1.54, 1.807) is 10.9 Å². The van der Waals surface area contributed by atoms with Gasteiger partial charge in [0.15, 0.2) is 5.78 Å². The van der Waals surface area contributed by atoms with Gasteiger partial charge in [0.1, 0.15) is 11.7 Å². The van der Waals surface area contributed by atoms with Crippen molar-refractivity contribution in [2.24, 2.45) is 40.9 Å². The van der Waals surface area contributed by atoms with E-state index >= 15 is 4.39 Å². The maximum Gasteiger partial charge on any atom is 0.157 e. The van der Waals surface area contributed by atoms with Crippen LogP contribution in [0, 0.1) is 52.3 Å². The molecule has 5 aliphatic rings. The summed E-state index contributed by atoms with van der Waals surface area (Å²) < 4.78 is 18.2. The van der Waals surface area contributed by atoms with Gasteiger partial charge in [-0.25, -0.2) is 4.39 Å². The van der Waals surface area contributed by atoms with E-state index in [-0.39, 0.29) is 35.5 Å². The van der Waals surface area contributed by atoms with Crippen LogP contribution in [0.15, 0.2) is 6.20 Å². The van der Waals surface area contributed by atoms with E-state index in [4.69, 9.17) is 0 Å². The molecule has 0 aliphatic heterocycles. The number of halogens is 1. The van der Waals surface area contributed by atoms with Gasteiger partial charge in [0.25, 0.3) is 0 Å². The second kappa shape index (κ2) is 7.65. The molecule has 33 heavy (non-hydrogen) atoms. The Bertz CT molecular complexity index is 992. The summed E-state index contributed by atoms with van der Waals surface area (Å²) in [5.74, 6) is 2.79. The van der Waals surface area contributed by atoms with Crippen molar-refractivity contribution in [3.8, 4) is 6.07 Å². The second-order valence-electron chi connectivity index (χ2n) is 12.6. The molecule has 0 amide bonds. The first-order chi connectivity index (χ1) is 15.8. The fourth-order valence-corrected chi connectivity index (χ4v) is 9.06. The van der Waals surface area contributed by atoms with E-state index in [2.05, 4.69) is 25.0 Å². The quantitative estimate of drug-likeness (QED) is 0.548. The van der Waals surface area contributed by atoms with Crippen LogP contribution in [0.1, 0.15) is 102 Å². The lowest BCUT2D eigenvalue weighted by atomic mass is 9.48. The Kier molecular flexibility index (Phi) is 5.06. The standard InChI is InChI=1S/C28H38FN3O/c1-17-9-12-28(29)20(13-17)5-6-21-22-7-8-24(27(22,2)11-10-23(21)28)25(33)16-32-15-19(14-30)26(31-32)18-3-4-18/h15,17-18,20-24H,3-13,16H2,1-2H3/t17-,20+,21-,22?,23?,24+,27-,28+/m0/s1. The first-order valence-electron chi connectivity index (χ1n) is 13.5. The normalized spacial score (nSPS) is 44.4. The predicted molar refractivity (Wildman–Crippen MR) is 124 cm³/mol. The van der Waals surface area contributed by atoms with Crippen LogP contribution in [0.3, 0.4) is 0 Å². The van der Waals surface area contributed by atoms with E-state index in [0.29, 0.717) is 29.2 Å². The van der Waals surface area contributed by atoms with Crippen molar-refractivity contribution in [1.29, 1.82) is 5.26 Å². The van der Waals surface area contributed by atoms with Crippen LogP contribution in [0.25, 0.3) is 0 Å². The van der Waals surface area contributed by atoms with Gasteiger partial charge in [-0.2, -0.15) is 10.4 Å². The molecular formula is C28H38FN3O. The summed E-state index contributed by atoms with van der Waals surface area (Å²) in [4.78, 5) is 13.5. The summed E-state index contributed by atoms with van der Waals surface area (Å²) in [6.45, 7) is 4.90. The number of aromatic nitrogens is 2. The number of nitrogens with zero attached hydrogens (tertiary/aromatic N) is 3. The molecule has 2 unspecified atom stereocenters. The van der Waals surface area contributed by atoms with Gasteiger partial charge in [-0.1, -0.05) is 13.8 Å². The molecule has 5 saturated carbocycles. The van der Waals surface area contributed by atoms with Gasteiger partial charge in [0.05, 0.1) is 17.8 Å². The number of Topliss-reactive ketones (excluding diaryl/α,β-unsaturated/α-hetero) is 1. The lowest BCUT2D eigenvalue weighted by Crippen LogP contribution is -2.56. The molecule has 1 heterocycles. The Morgan fingerprint density at radius 3 is 2.73 bits per heavy atom. The van der Waals surface area contributed by atoms with Crippen LogP contribution in [0.4, 0.5) is 4.39 Å². The Labute approximate surface area is 197 Å². The Morgan fingerprint density at radius 1 is 1.15 bits per heavy atom. The summed E-state index contributed by atoms with van der Waals surface area (Å²) in [5.41, 5.74) is 0.552. The maximum atomic E-state index is 16.5. The smallest absolute Gasteiger partial charge is 0.157 e. The van der Waals surface area contributed by atoms with Crippen molar-refractivity contribution in [3.63, 3.8) is 0 Å². The van der Waals surface area contributed by atoms with Crippen LogP contribution in [-0.2, 0) is 11.3 Å². The minimum absolute atomic E-state index is 0.00601. The fourth-order valence-electron chi connectivity index (χ4n) is 9.06. The molecule has 0 bridgehead atoms. The number of ketones is 1. The van der Waals surface area contributed by atoms with Crippen LogP contribution in [0.5, 0.6) is 0 Å². The van der Waals surface area contributed by atoms with Gasteiger partial charge >= 0.3 is 0 Å². The van der Waals surface area contributed by atoms with Gasteiger partial charge < -0.3 is 0 Å². The highest BCUT2D eigenvalue weighted by molar-refractivity contribution is 5.82. The average Bonchev–Trinajstić information content (AvgIpc) is 3.45. The number of alkyl halides is 1. The first-order valence-corrected chi connectivity index (χ1v) is 13.5. The Hall–Kier alpha value is -1.70. The molecule has 0 saturated heterocycles. The molecule has 178 valence electrons. The molecule has 8 atom stereocenters. The van der Waals surface area contributed by atoms with Crippen LogP contribution >= 0.6 is 0 Å². The second-order valence-corrected chi connectivity index (χ2v) is 12.6. The van der Waals surface area contributed by atoms with Crippen molar-refractivity contribution >= 4 is 5.78 Å². The SMILES string of the molecule is C[C@H]1CC[C@]2(F)C3CC[C@@]4(C)C(CC[C@@H]4C(=O)Cn4cc(C#N)c(C5CC5)n4)[C@@H]3CC[C@@H]2C1. The number of hydrogen-bond acceptors (Lipinski definition) is 3.